The van der Waals surface area contributed by atoms with Crippen LogP contribution in [0.1, 0.15) is 29.3 Å². The summed E-state index contributed by atoms with van der Waals surface area (Å²) >= 11 is 11.9. The third-order valence-electron chi connectivity index (χ3n) is 4.75. The minimum absolute atomic E-state index is 0.153. The van der Waals surface area contributed by atoms with Crippen molar-refractivity contribution in [3.63, 3.8) is 0 Å². The van der Waals surface area contributed by atoms with E-state index in [0.29, 0.717) is 29.2 Å². The molecule has 6 nitrogen and oxygen atoms in total. The zero-order valence-electron chi connectivity index (χ0n) is 16.0. The van der Waals surface area contributed by atoms with Crippen molar-refractivity contribution in [2.75, 3.05) is 25.0 Å². The van der Waals surface area contributed by atoms with Gasteiger partial charge in [0.2, 0.25) is 0 Å². The predicted octanol–water partition coefficient (Wildman–Crippen LogP) is 4.75. The quantitative estimate of drug-likeness (QED) is 0.595. The molecule has 0 unspecified atom stereocenters. The second-order valence-electron chi connectivity index (χ2n) is 6.85. The number of alkyl halides is 3. The van der Waals surface area contributed by atoms with E-state index in [4.69, 9.17) is 28.3 Å². The summed E-state index contributed by atoms with van der Waals surface area (Å²) in [7, 11) is 0. The van der Waals surface area contributed by atoms with Crippen LogP contribution in [-0.4, -0.2) is 45.8 Å². The van der Waals surface area contributed by atoms with Crippen LogP contribution in [0.25, 0.3) is 5.57 Å². The molecule has 1 aliphatic rings. The molecule has 0 radical (unpaired) electrons. The first kappa shape index (κ1) is 23.3. The topological polar surface area (TPSA) is 85.7 Å². The third kappa shape index (κ3) is 5.48. The maximum atomic E-state index is 12.8. The van der Waals surface area contributed by atoms with E-state index in [2.05, 4.69) is 10.3 Å². The number of rotatable bonds is 4. The molecule has 3 N–H and O–H groups in total. The number of aromatic nitrogens is 1. The number of pyridine rings is 1. The van der Waals surface area contributed by atoms with Crippen LogP contribution in [0.2, 0.25) is 10.0 Å². The molecule has 1 aromatic heterocycles. The lowest BCUT2D eigenvalue weighted by Crippen LogP contribution is -2.38. The molecule has 1 aliphatic heterocycles. The molecule has 1 atom stereocenters. The Balaban J connectivity index is 1.66. The van der Waals surface area contributed by atoms with Crippen molar-refractivity contribution in [3.8, 4) is 0 Å². The molecule has 0 saturated carbocycles. The number of anilines is 1. The molecule has 0 bridgehead atoms. The highest BCUT2D eigenvalue weighted by atomic mass is 35.5. The Morgan fingerprint density at radius 1 is 1.26 bits per heavy atom. The number of aliphatic hydroxyl groups is 2. The molecule has 31 heavy (non-hydrogen) atoms. The Hall–Kier alpha value is -2.33. The summed E-state index contributed by atoms with van der Waals surface area (Å²) in [5, 5.41) is 21.0. The Kier molecular flexibility index (Phi) is 7.10. The van der Waals surface area contributed by atoms with Gasteiger partial charge in [-0.05, 0) is 36.3 Å². The number of benzene rings is 1. The number of carbonyl (C=O) groups is 1. The van der Waals surface area contributed by atoms with Crippen LogP contribution in [0.15, 0.2) is 36.5 Å². The summed E-state index contributed by atoms with van der Waals surface area (Å²) < 4.78 is 38.4. The summed E-state index contributed by atoms with van der Waals surface area (Å²) in [6, 6.07) is 4.06. The second-order valence-corrected chi connectivity index (χ2v) is 7.66. The molecule has 1 aromatic carbocycles. The lowest BCUT2D eigenvalue weighted by molar-refractivity contribution is -0.137. The predicted molar refractivity (Wildman–Crippen MR) is 111 cm³/mol. The fraction of sp³-hybridized carbons (Fsp3) is 0.300. The van der Waals surface area contributed by atoms with Crippen molar-refractivity contribution in [1.29, 1.82) is 0 Å². The first-order chi connectivity index (χ1) is 14.6. The maximum Gasteiger partial charge on any atom is 0.417 e. The van der Waals surface area contributed by atoms with Gasteiger partial charge in [-0.15, -0.1) is 0 Å². The Morgan fingerprint density at radius 3 is 2.55 bits per heavy atom. The van der Waals surface area contributed by atoms with Crippen molar-refractivity contribution in [2.24, 2.45) is 0 Å². The molecule has 11 heteroatoms. The molecule has 0 fully saturated rings. The van der Waals surface area contributed by atoms with E-state index in [9.17, 15) is 23.1 Å². The first-order valence-electron chi connectivity index (χ1n) is 9.16. The fourth-order valence-electron chi connectivity index (χ4n) is 3.07. The minimum atomic E-state index is -4.57. The van der Waals surface area contributed by atoms with Crippen LogP contribution in [0.3, 0.4) is 0 Å². The highest BCUT2D eigenvalue weighted by molar-refractivity contribution is 6.32. The highest BCUT2D eigenvalue weighted by Gasteiger charge is 2.33. The average Bonchev–Trinajstić information content (AvgIpc) is 2.72. The van der Waals surface area contributed by atoms with Gasteiger partial charge in [0.1, 0.15) is 6.10 Å². The highest BCUT2D eigenvalue weighted by Crippen LogP contribution is 2.36. The number of halogens is 5. The van der Waals surface area contributed by atoms with Crippen molar-refractivity contribution in [1.82, 2.24) is 9.88 Å². The number of nitrogens with one attached hydrogen (secondary N) is 1. The monoisotopic (exact) mass is 475 g/mol. The molecule has 0 spiro atoms. The Morgan fingerprint density at radius 2 is 2.00 bits per heavy atom. The smallest absolute Gasteiger partial charge is 0.393 e. The largest absolute Gasteiger partial charge is 0.417 e. The van der Waals surface area contributed by atoms with Gasteiger partial charge in [-0.1, -0.05) is 29.3 Å². The minimum Gasteiger partial charge on any atom is -0.393 e. The van der Waals surface area contributed by atoms with Crippen LogP contribution >= 0.6 is 23.2 Å². The van der Waals surface area contributed by atoms with E-state index in [1.54, 1.807) is 6.08 Å². The van der Waals surface area contributed by atoms with Crippen molar-refractivity contribution in [2.45, 2.75) is 18.7 Å². The molecule has 2 amide bonds. The zero-order chi connectivity index (χ0) is 22.8. The Labute approximate surface area is 185 Å². The number of aliphatic hydroxyl groups excluding tert-OH is 2. The van der Waals surface area contributed by atoms with E-state index in [1.807, 2.05) is 0 Å². The van der Waals surface area contributed by atoms with Gasteiger partial charge in [-0.25, -0.2) is 4.79 Å². The van der Waals surface area contributed by atoms with Gasteiger partial charge in [0.25, 0.3) is 0 Å². The summed E-state index contributed by atoms with van der Waals surface area (Å²) in [6.07, 6.45) is -1.99. The van der Waals surface area contributed by atoms with Gasteiger partial charge in [0, 0.05) is 30.5 Å². The summed E-state index contributed by atoms with van der Waals surface area (Å²) in [4.78, 5) is 18.2. The maximum absolute atomic E-state index is 12.8. The zero-order valence-corrected chi connectivity index (χ0v) is 17.5. The van der Waals surface area contributed by atoms with Crippen LogP contribution < -0.4 is 5.32 Å². The molecular formula is C20H18Cl2F3N3O3. The van der Waals surface area contributed by atoms with Gasteiger partial charge in [0.05, 0.1) is 27.9 Å². The molecule has 0 saturated heterocycles. The number of carbonyl (C=O) groups excluding carboxylic acids is 1. The number of hydrogen-bond donors (Lipinski definition) is 3. The normalized spacial score (nSPS) is 15.5. The number of urea groups is 1. The van der Waals surface area contributed by atoms with Crippen LogP contribution in [0.5, 0.6) is 0 Å². The fourth-order valence-corrected chi connectivity index (χ4v) is 3.65. The van der Waals surface area contributed by atoms with E-state index >= 15 is 0 Å². The Bertz CT molecular complexity index is 1010. The lowest BCUT2D eigenvalue weighted by atomic mass is 10.0. The number of amides is 2. The first-order valence-corrected chi connectivity index (χ1v) is 9.92. The van der Waals surface area contributed by atoms with Gasteiger partial charge in [0.15, 0.2) is 0 Å². The molecule has 2 heterocycles. The average molecular weight is 476 g/mol. The molecule has 0 aliphatic carbocycles. The van der Waals surface area contributed by atoms with E-state index < -0.39 is 35.5 Å². The number of hydrogen-bond acceptors (Lipinski definition) is 4. The van der Waals surface area contributed by atoms with Gasteiger partial charge < -0.3 is 20.4 Å². The molecule has 166 valence electrons. The van der Waals surface area contributed by atoms with Crippen molar-refractivity contribution < 1.29 is 28.2 Å². The summed E-state index contributed by atoms with van der Waals surface area (Å²) in [5.41, 5.74) is 0.908. The van der Waals surface area contributed by atoms with Crippen LogP contribution in [0, 0.1) is 0 Å². The van der Waals surface area contributed by atoms with E-state index in [-0.39, 0.29) is 12.2 Å². The standard InChI is InChI=1S/C20H18Cl2F3N3O3/c21-15-8-13(1-2-14(15)20(23,24)25)27-19(31)28-5-3-11(4-6-28)18-16(22)7-12(9-26-18)17(30)10-29/h1-3,7-9,17,29-30H,4-6,10H2,(H,27,31)/t17-/m1/s1. The van der Waals surface area contributed by atoms with E-state index in [0.717, 1.165) is 23.8 Å². The molecule has 3 rings (SSSR count). The number of nitrogens with zero attached hydrogens (tertiary/aromatic N) is 2. The van der Waals surface area contributed by atoms with E-state index in [1.165, 1.54) is 17.2 Å². The van der Waals surface area contributed by atoms with Gasteiger partial charge in [-0.3, -0.25) is 4.98 Å². The third-order valence-corrected chi connectivity index (χ3v) is 5.35. The summed E-state index contributed by atoms with van der Waals surface area (Å²) in [6.45, 7) is 0.133. The van der Waals surface area contributed by atoms with Gasteiger partial charge >= 0.3 is 12.2 Å². The van der Waals surface area contributed by atoms with Gasteiger partial charge in [-0.2, -0.15) is 13.2 Å². The molecule has 2 aromatic rings. The van der Waals surface area contributed by atoms with Crippen LogP contribution in [-0.2, 0) is 6.18 Å². The SMILES string of the molecule is O=C(Nc1ccc(C(F)(F)F)c(Cl)c1)N1CC=C(c2ncc([C@H](O)CO)cc2Cl)CC1. The van der Waals surface area contributed by atoms with Crippen molar-refractivity contribution in [3.05, 3.63) is 63.4 Å². The van der Waals surface area contributed by atoms with Crippen LogP contribution in [0.4, 0.5) is 23.7 Å². The summed E-state index contributed by atoms with van der Waals surface area (Å²) in [5.74, 6) is 0. The molecular weight excluding hydrogens is 458 g/mol. The van der Waals surface area contributed by atoms with Crippen molar-refractivity contribution >= 4 is 40.5 Å². The second kappa shape index (κ2) is 9.44. The lowest BCUT2D eigenvalue weighted by Gasteiger charge is -2.27.